The highest BCUT2D eigenvalue weighted by Crippen LogP contribution is 2.19. The molecule has 0 spiro atoms. The van der Waals surface area contributed by atoms with E-state index in [9.17, 15) is 0 Å². The highest BCUT2D eigenvalue weighted by atomic mass is 35.5. The first-order valence-electron chi connectivity index (χ1n) is 2.96. The Kier molecular flexibility index (Phi) is 4.14. The van der Waals surface area contributed by atoms with Gasteiger partial charge in [-0.05, 0) is 0 Å². The molecule has 0 aliphatic rings. The van der Waals surface area contributed by atoms with E-state index in [0.717, 1.165) is 4.34 Å². The lowest BCUT2D eigenvalue weighted by Crippen LogP contribution is -2.10. The van der Waals surface area contributed by atoms with Crippen LogP contribution in [-0.4, -0.2) is 33.0 Å². The molecule has 0 saturated carbocycles. The molecule has 0 amide bonds. The van der Waals surface area contributed by atoms with Gasteiger partial charge in [0.25, 0.3) is 0 Å². The number of aliphatic hydroxyl groups is 1. The van der Waals surface area contributed by atoms with Crippen molar-refractivity contribution in [3.8, 4) is 0 Å². The van der Waals surface area contributed by atoms with Gasteiger partial charge in [0, 0.05) is 11.6 Å². The predicted molar refractivity (Wildman–Crippen MR) is 47.4 cm³/mol. The molecule has 6 heteroatoms. The Morgan fingerprint density at radius 1 is 1.82 bits per heavy atom. The molecule has 1 heterocycles. The van der Waals surface area contributed by atoms with Gasteiger partial charge in [0.2, 0.25) is 0 Å². The molecular weight excluding hydrogens is 204 g/mol. The van der Waals surface area contributed by atoms with Crippen LogP contribution in [0.1, 0.15) is 0 Å². The summed E-state index contributed by atoms with van der Waals surface area (Å²) in [5, 5.41) is 16.5. The van der Waals surface area contributed by atoms with E-state index in [4.69, 9.17) is 16.7 Å². The zero-order valence-corrected chi connectivity index (χ0v) is 7.99. The van der Waals surface area contributed by atoms with E-state index in [1.54, 1.807) is 5.51 Å². The minimum absolute atomic E-state index is 0.270. The number of aliphatic hydroxyl groups excluding tert-OH is 1. The quantitative estimate of drug-likeness (QED) is 0.600. The first-order chi connectivity index (χ1) is 5.33. The fourth-order valence-corrected chi connectivity index (χ4v) is 2.12. The Labute approximate surface area is 77.8 Å². The minimum atomic E-state index is -0.453. The van der Waals surface area contributed by atoms with Gasteiger partial charge in [-0.15, -0.1) is 21.8 Å². The summed E-state index contributed by atoms with van der Waals surface area (Å²) >= 11 is 8.33. The van der Waals surface area contributed by atoms with Gasteiger partial charge < -0.3 is 5.11 Å². The van der Waals surface area contributed by atoms with Crippen molar-refractivity contribution in [3.05, 3.63) is 5.51 Å². The lowest BCUT2D eigenvalue weighted by Gasteiger charge is -2.01. The molecule has 0 fully saturated rings. The first kappa shape index (κ1) is 9.25. The van der Waals surface area contributed by atoms with Crippen LogP contribution in [0, 0.1) is 0 Å². The summed E-state index contributed by atoms with van der Waals surface area (Å²) < 4.78 is 0.870. The molecule has 0 aliphatic carbocycles. The molecule has 3 nitrogen and oxygen atoms in total. The van der Waals surface area contributed by atoms with Crippen molar-refractivity contribution in [2.75, 3.05) is 11.6 Å². The lowest BCUT2D eigenvalue weighted by molar-refractivity contribution is 0.223. The van der Waals surface area contributed by atoms with Crippen molar-refractivity contribution < 1.29 is 5.11 Å². The van der Waals surface area contributed by atoms with Crippen LogP contribution >= 0.6 is 34.7 Å². The highest BCUT2D eigenvalue weighted by Gasteiger charge is 2.04. The summed E-state index contributed by atoms with van der Waals surface area (Å²) in [7, 11) is 0. The van der Waals surface area contributed by atoms with E-state index in [-0.39, 0.29) is 5.88 Å². The molecule has 0 bridgehead atoms. The Morgan fingerprint density at radius 2 is 2.64 bits per heavy atom. The first-order valence-corrected chi connectivity index (χ1v) is 5.36. The summed E-state index contributed by atoms with van der Waals surface area (Å²) in [6.45, 7) is 0. The standard InChI is InChI=1S/C5H7ClN2OS2/c6-1-4(9)2-10-5-8-7-3-11-5/h3-4,9H,1-2H2. The number of alkyl halides is 1. The van der Waals surface area contributed by atoms with Crippen molar-refractivity contribution in [2.24, 2.45) is 0 Å². The zero-order valence-electron chi connectivity index (χ0n) is 5.61. The molecule has 0 saturated heterocycles. The van der Waals surface area contributed by atoms with Crippen LogP contribution in [0.25, 0.3) is 0 Å². The number of thioether (sulfide) groups is 1. The lowest BCUT2D eigenvalue weighted by atomic mass is 10.5. The average molecular weight is 211 g/mol. The number of rotatable bonds is 4. The predicted octanol–water partition coefficient (Wildman–Crippen LogP) is 1.23. The number of halogens is 1. The Bertz CT molecular complexity index is 194. The molecular formula is C5H7ClN2OS2. The average Bonchev–Trinajstić information content (AvgIpc) is 2.52. The van der Waals surface area contributed by atoms with Crippen molar-refractivity contribution in [2.45, 2.75) is 10.4 Å². The van der Waals surface area contributed by atoms with Crippen LogP contribution in [-0.2, 0) is 0 Å². The van der Waals surface area contributed by atoms with Gasteiger partial charge in [0.1, 0.15) is 5.51 Å². The van der Waals surface area contributed by atoms with E-state index in [2.05, 4.69) is 10.2 Å². The van der Waals surface area contributed by atoms with Crippen LogP contribution in [0.5, 0.6) is 0 Å². The maximum atomic E-state index is 9.06. The third-order valence-electron chi connectivity index (χ3n) is 0.917. The Hall–Kier alpha value is 0.160. The van der Waals surface area contributed by atoms with E-state index in [1.165, 1.54) is 23.1 Å². The minimum Gasteiger partial charge on any atom is -0.391 e. The molecule has 1 aromatic rings. The van der Waals surface area contributed by atoms with Gasteiger partial charge in [-0.25, -0.2) is 0 Å². The molecule has 0 aliphatic heterocycles. The second kappa shape index (κ2) is 4.92. The van der Waals surface area contributed by atoms with Crippen LogP contribution < -0.4 is 0 Å². The summed E-state index contributed by atoms with van der Waals surface area (Å²) in [5.74, 6) is 0.852. The van der Waals surface area contributed by atoms with Gasteiger partial charge in [0.05, 0.1) is 6.10 Å². The largest absolute Gasteiger partial charge is 0.391 e. The molecule has 11 heavy (non-hydrogen) atoms. The van der Waals surface area contributed by atoms with Gasteiger partial charge in [-0.3, -0.25) is 0 Å². The topological polar surface area (TPSA) is 46.0 Å². The highest BCUT2D eigenvalue weighted by molar-refractivity contribution is 8.01. The fraction of sp³-hybridized carbons (Fsp3) is 0.600. The number of hydrogen-bond donors (Lipinski definition) is 1. The molecule has 1 rings (SSSR count). The van der Waals surface area contributed by atoms with E-state index in [1.807, 2.05) is 0 Å². The second-order valence-corrected chi connectivity index (χ2v) is 4.23. The monoisotopic (exact) mass is 210 g/mol. The van der Waals surface area contributed by atoms with Crippen molar-refractivity contribution in [3.63, 3.8) is 0 Å². The molecule has 1 atom stereocenters. The molecule has 0 radical (unpaired) electrons. The summed E-state index contributed by atoms with van der Waals surface area (Å²) in [6.07, 6.45) is -0.453. The van der Waals surface area contributed by atoms with Gasteiger partial charge in [-0.2, -0.15) is 0 Å². The van der Waals surface area contributed by atoms with Crippen molar-refractivity contribution >= 4 is 34.7 Å². The zero-order chi connectivity index (χ0) is 8.10. The van der Waals surface area contributed by atoms with Gasteiger partial charge >= 0.3 is 0 Å². The maximum Gasteiger partial charge on any atom is 0.174 e. The number of nitrogens with zero attached hydrogens (tertiary/aromatic N) is 2. The van der Waals surface area contributed by atoms with Crippen molar-refractivity contribution in [1.29, 1.82) is 0 Å². The van der Waals surface area contributed by atoms with Crippen molar-refractivity contribution in [1.82, 2.24) is 10.2 Å². The maximum absolute atomic E-state index is 9.06. The summed E-state index contributed by atoms with van der Waals surface area (Å²) in [4.78, 5) is 0. The number of hydrogen-bond acceptors (Lipinski definition) is 5. The van der Waals surface area contributed by atoms with Crippen LogP contribution in [0.2, 0.25) is 0 Å². The van der Waals surface area contributed by atoms with Gasteiger partial charge in [0.15, 0.2) is 4.34 Å². The summed E-state index contributed by atoms with van der Waals surface area (Å²) in [5.41, 5.74) is 1.66. The molecule has 1 N–H and O–H groups in total. The third kappa shape index (κ3) is 3.37. The van der Waals surface area contributed by atoms with Crippen LogP contribution in [0.15, 0.2) is 9.85 Å². The molecule has 62 valence electrons. The second-order valence-electron chi connectivity index (χ2n) is 1.82. The fourth-order valence-electron chi connectivity index (χ4n) is 0.438. The molecule has 1 unspecified atom stereocenters. The smallest absolute Gasteiger partial charge is 0.174 e. The Balaban J connectivity index is 2.23. The Morgan fingerprint density at radius 3 is 3.18 bits per heavy atom. The van der Waals surface area contributed by atoms with Gasteiger partial charge in [-0.1, -0.05) is 23.1 Å². The summed E-state index contributed by atoms with van der Waals surface area (Å²) in [6, 6.07) is 0. The third-order valence-corrected chi connectivity index (χ3v) is 3.28. The van der Waals surface area contributed by atoms with E-state index < -0.39 is 6.10 Å². The molecule has 0 aromatic carbocycles. The molecule has 1 aromatic heterocycles. The van der Waals surface area contributed by atoms with Crippen LogP contribution in [0.3, 0.4) is 0 Å². The SMILES string of the molecule is OC(CCl)CSc1nncs1. The van der Waals surface area contributed by atoms with E-state index in [0.29, 0.717) is 5.75 Å². The van der Waals surface area contributed by atoms with E-state index >= 15 is 0 Å². The number of aromatic nitrogens is 2. The van der Waals surface area contributed by atoms with Crippen LogP contribution in [0.4, 0.5) is 0 Å². The normalized spacial score (nSPS) is 13.3.